The van der Waals surface area contributed by atoms with Crippen LogP contribution >= 0.6 is 0 Å². The quantitative estimate of drug-likeness (QED) is 0.777. The van der Waals surface area contributed by atoms with Gasteiger partial charge in [-0.1, -0.05) is 19.3 Å². The van der Waals surface area contributed by atoms with Gasteiger partial charge in [-0.25, -0.2) is 0 Å². The maximum Gasteiger partial charge on any atom is 0.0480 e. The molecule has 16 heavy (non-hydrogen) atoms. The Labute approximate surface area is 99.1 Å². The average molecular weight is 223 g/mol. The summed E-state index contributed by atoms with van der Waals surface area (Å²) in [5.41, 5.74) is 0.719. The van der Waals surface area contributed by atoms with Gasteiger partial charge in [0.25, 0.3) is 0 Å². The molecular weight excluding hydrogens is 198 g/mol. The highest BCUT2D eigenvalue weighted by Gasteiger charge is 2.47. The highest BCUT2D eigenvalue weighted by Crippen LogP contribution is 2.51. The highest BCUT2D eigenvalue weighted by atomic mass is 16.5. The molecule has 1 saturated heterocycles. The van der Waals surface area contributed by atoms with Crippen LogP contribution < -0.4 is 5.32 Å². The van der Waals surface area contributed by atoms with Crippen LogP contribution in [-0.2, 0) is 4.74 Å². The van der Waals surface area contributed by atoms with Crippen molar-refractivity contribution in [3.05, 3.63) is 0 Å². The van der Waals surface area contributed by atoms with Crippen LogP contribution in [0.4, 0.5) is 0 Å². The lowest BCUT2D eigenvalue weighted by Crippen LogP contribution is -2.57. The van der Waals surface area contributed by atoms with Gasteiger partial charge in [0.1, 0.15) is 0 Å². The Morgan fingerprint density at radius 2 is 1.62 bits per heavy atom. The molecule has 3 fully saturated rings. The van der Waals surface area contributed by atoms with Crippen LogP contribution in [0.1, 0.15) is 57.8 Å². The van der Waals surface area contributed by atoms with Crippen molar-refractivity contribution < 1.29 is 4.74 Å². The van der Waals surface area contributed by atoms with Gasteiger partial charge in [-0.05, 0) is 43.9 Å². The molecule has 1 atom stereocenters. The highest BCUT2D eigenvalue weighted by molar-refractivity contribution is 5.02. The summed E-state index contributed by atoms with van der Waals surface area (Å²) in [6.07, 6.45) is 12.8. The largest absolute Gasteiger partial charge is 0.381 e. The maximum absolute atomic E-state index is 5.43. The summed E-state index contributed by atoms with van der Waals surface area (Å²) in [6.45, 7) is 1.94. The molecule has 3 rings (SSSR count). The van der Waals surface area contributed by atoms with E-state index in [2.05, 4.69) is 5.32 Å². The van der Waals surface area contributed by atoms with Crippen LogP contribution in [-0.4, -0.2) is 25.3 Å². The van der Waals surface area contributed by atoms with Crippen LogP contribution in [0.15, 0.2) is 0 Å². The van der Waals surface area contributed by atoms with Gasteiger partial charge in [0.15, 0.2) is 0 Å². The Kier molecular flexibility index (Phi) is 3.21. The number of hydrogen-bond acceptors (Lipinski definition) is 2. The zero-order valence-electron chi connectivity index (χ0n) is 10.3. The first-order valence-corrected chi connectivity index (χ1v) is 7.23. The molecule has 92 valence electrons. The third kappa shape index (κ3) is 2.02. The fraction of sp³-hybridized carbons (Fsp3) is 1.00. The van der Waals surface area contributed by atoms with E-state index in [0.717, 1.165) is 30.7 Å². The van der Waals surface area contributed by atoms with Crippen LogP contribution in [0.25, 0.3) is 0 Å². The lowest BCUT2D eigenvalue weighted by atomic mass is 9.57. The van der Waals surface area contributed by atoms with Gasteiger partial charge in [-0.3, -0.25) is 0 Å². The monoisotopic (exact) mass is 223 g/mol. The molecular formula is C14H25NO. The van der Waals surface area contributed by atoms with Gasteiger partial charge in [-0.15, -0.1) is 0 Å². The van der Waals surface area contributed by atoms with E-state index in [4.69, 9.17) is 4.74 Å². The minimum Gasteiger partial charge on any atom is -0.381 e. The fourth-order valence-corrected chi connectivity index (χ4v) is 3.96. The first-order valence-electron chi connectivity index (χ1n) is 7.23. The van der Waals surface area contributed by atoms with Gasteiger partial charge in [-0.2, -0.15) is 0 Å². The molecule has 0 aromatic rings. The summed E-state index contributed by atoms with van der Waals surface area (Å²) < 4.78 is 5.43. The molecule has 0 aromatic carbocycles. The SMILES string of the molecule is C1CCC2(CC1)CCC2NC1CCOCC1. The second-order valence-electron chi connectivity index (χ2n) is 6.07. The zero-order chi connectivity index (χ0) is 10.8. The number of ether oxygens (including phenoxy) is 1. The van der Waals surface area contributed by atoms with Crippen molar-refractivity contribution in [3.63, 3.8) is 0 Å². The third-order valence-corrected chi connectivity index (χ3v) is 5.18. The van der Waals surface area contributed by atoms with Crippen LogP contribution in [0.5, 0.6) is 0 Å². The molecule has 1 unspecified atom stereocenters. The van der Waals surface area contributed by atoms with E-state index < -0.39 is 0 Å². The Bertz CT molecular complexity index is 229. The van der Waals surface area contributed by atoms with Gasteiger partial charge < -0.3 is 10.1 Å². The van der Waals surface area contributed by atoms with E-state index in [9.17, 15) is 0 Å². The Hall–Kier alpha value is -0.0800. The fourth-order valence-electron chi connectivity index (χ4n) is 3.96. The molecule has 1 N–H and O–H groups in total. The van der Waals surface area contributed by atoms with Gasteiger partial charge >= 0.3 is 0 Å². The lowest BCUT2D eigenvalue weighted by molar-refractivity contribution is 0.000802. The summed E-state index contributed by atoms with van der Waals surface area (Å²) in [6, 6.07) is 1.59. The van der Waals surface area contributed by atoms with Crippen molar-refractivity contribution >= 4 is 0 Å². The van der Waals surface area contributed by atoms with Gasteiger partial charge in [0.2, 0.25) is 0 Å². The van der Waals surface area contributed by atoms with Gasteiger partial charge in [0.05, 0.1) is 0 Å². The van der Waals surface area contributed by atoms with E-state index in [1.807, 2.05) is 0 Å². The molecule has 2 aliphatic carbocycles. The molecule has 2 nitrogen and oxygen atoms in total. The van der Waals surface area contributed by atoms with Crippen molar-refractivity contribution in [3.8, 4) is 0 Å². The molecule has 3 aliphatic rings. The lowest BCUT2D eigenvalue weighted by Gasteiger charge is -2.54. The first kappa shape index (κ1) is 11.0. The van der Waals surface area contributed by atoms with Crippen molar-refractivity contribution in [2.45, 2.75) is 69.9 Å². The maximum atomic E-state index is 5.43. The van der Waals surface area contributed by atoms with E-state index in [0.29, 0.717) is 0 Å². The molecule has 1 aliphatic heterocycles. The second kappa shape index (κ2) is 4.66. The molecule has 1 spiro atoms. The van der Waals surface area contributed by atoms with Crippen LogP contribution in [0, 0.1) is 5.41 Å². The smallest absolute Gasteiger partial charge is 0.0480 e. The molecule has 2 saturated carbocycles. The average Bonchev–Trinajstić information content (AvgIpc) is 2.37. The standard InChI is InChI=1S/C14H25NO/c1-2-7-14(8-3-1)9-4-13(14)15-12-5-10-16-11-6-12/h12-13,15H,1-11H2. The molecule has 0 bridgehead atoms. The number of nitrogens with one attached hydrogen (secondary N) is 1. The Morgan fingerprint density at radius 3 is 2.25 bits per heavy atom. The predicted octanol–water partition coefficient (Wildman–Crippen LogP) is 2.87. The first-order chi connectivity index (χ1) is 7.89. The molecule has 0 amide bonds. The molecule has 2 heteroatoms. The van der Waals surface area contributed by atoms with Crippen molar-refractivity contribution in [2.24, 2.45) is 5.41 Å². The van der Waals surface area contributed by atoms with E-state index in [1.54, 1.807) is 0 Å². The summed E-state index contributed by atoms with van der Waals surface area (Å²) in [7, 11) is 0. The third-order valence-electron chi connectivity index (χ3n) is 5.18. The minimum absolute atomic E-state index is 0.719. The van der Waals surface area contributed by atoms with Crippen molar-refractivity contribution in [1.82, 2.24) is 5.32 Å². The molecule has 0 radical (unpaired) electrons. The summed E-state index contributed by atoms with van der Waals surface area (Å²) in [4.78, 5) is 0. The second-order valence-corrected chi connectivity index (χ2v) is 6.07. The molecule has 1 heterocycles. The van der Waals surface area contributed by atoms with E-state index in [-0.39, 0.29) is 0 Å². The topological polar surface area (TPSA) is 21.3 Å². The molecule has 0 aromatic heterocycles. The predicted molar refractivity (Wildman–Crippen MR) is 65.5 cm³/mol. The van der Waals surface area contributed by atoms with Gasteiger partial charge in [0, 0.05) is 25.3 Å². The number of rotatable bonds is 2. The minimum atomic E-state index is 0.719. The normalized spacial score (nSPS) is 34.9. The summed E-state index contributed by atoms with van der Waals surface area (Å²) >= 11 is 0. The summed E-state index contributed by atoms with van der Waals surface area (Å²) in [5.74, 6) is 0. The Balaban J connectivity index is 1.54. The van der Waals surface area contributed by atoms with Crippen LogP contribution in [0.3, 0.4) is 0 Å². The zero-order valence-corrected chi connectivity index (χ0v) is 10.3. The van der Waals surface area contributed by atoms with Crippen LogP contribution in [0.2, 0.25) is 0 Å². The van der Waals surface area contributed by atoms with E-state index >= 15 is 0 Å². The van der Waals surface area contributed by atoms with Crippen molar-refractivity contribution in [2.75, 3.05) is 13.2 Å². The number of hydrogen-bond donors (Lipinski definition) is 1. The summed E-state index contributed by atoms with van der Waals surface area (Å²) in [5, 5.41) is 3.94. The Morgan fingerprint density at radius 1 is 0.875 bits per heavy atom. The van der Waals surface area contributed by atoms with E-state index in [1.165, 1.54) is 57.8 Å². The van der Waals surface area contributed by atoms with Crippen molar-refractivity contribution in [1.29, 1.82) is 0 Å².